The molecule has 1 aliphatic heterocycles. The van der Waals surface area contributed by atoms with E-state index in [0.717, 1.165) is 50.5 Å². The van der Waals surface area contributed by atoms with Gasteiger partial charge in [-0.3, -0.25) is 0 Å². The Morgan fingerprint density at radius 1 is 0.378 bits per heavy atom. The maximum absolute atomic E-state index is 6.48. The molecule has 8 aromatic rings. The second kappa shape index (κ2) is 10.3. The average molecular weight is 575 g/mol. The second-order valence-electron chi connectivity index (χ2n) is 11.4. The van der Waals surface area contributed by atoms with Gasteiger partial charge in [-0.05, 0) is 57.1 Å². The Bertz CT molecular complexity index is 2380. The third-order valence-electron chi connectivity index (χ3n) is 8.69. The van der Waals surface area contributed by atoms with E-state index in [9.17, 15) is 0 Å². The summed E-state index contributed by atoms with van der Waals surface area (Å²) in [7, 11) is 0. The van der Waals surface area contributed by atoms with Crippen molar-refractivity contribution in [1.82, 2.24) is 9.97 Å². The van der Waals surface area contributed by atoms with Gasteiger partial charge in [0, 0.05) is 27.6 Å². The molecule has 3 heteroatoms. The van der Waals surface area contributed by atoms with Crippen LogP contribution in [-0.4, -0.2) is 9.97 Å². The highest BCUT2D eigenvalue weighted by atomic mass is 16.5. The summed E-state index contributed by atoms with van der Waals surface area (Å²) in [6, 6.07) is 55.0. The molecular weight excluding hydrogens is 548 g/mol. The van der Waals surface area contributed by atoms with Crippen LogP contribution >= 0.6 is 0 Å². The van der Waals surface area contributed by atoms with Gasteiger partial charge in [0.1, 0.15) is 11.5 Å². The lowest BCUT2D eigenvalue weighted by Crippen LogP contribution is -1.99. The highest BCUT2D eigenvalue weighted by Gasteiger charge is 2.21. The molecule has 0 amide bonds. The van der Waals surface area contributed by atoms with Crippen molar-refractivity contribution in [2.24, 2.45) is 0 Å². The largest absolute Gasteiger partial charge is 0.456 e. The highest BCUT2D eigenvalue weighted by Crippen LogP contribution is 2.47. The number of aromatic nitrogens is 2. The molecule has 210 valence electrons. The SMILES string of the molecule is c1ccc(-c2nc(-c3ccc(-c4cccc5ccccc45)cc3)cc(-c3ccc4c(c3)Oc3cccc5cccc-4c35)n2)cc1. The number of fused-ring (bicyclic) bond motifs is 3. The Morgan fingerprint density at radius 3 is 1.87 bits per heavy atom. The molecule has 7 aromatic carbocycles. The molecule has 2 heterocycles. The van der Waals surface area contributed by atoms with Crippen LogP contribution in [0, 0.1) is 0 Å². The predicted octanol–water partition coefficient (Wildman–Crippen LogP) is 11.2. The summed E-state index contributed by atoms with van der Waals surface area (Å²) in [6.07, 6.45) is 0. The molecule has 0 atom stereocenters. The third-order valence-corrected chi connectivity index (χ3v) is 8.69. The first-order chi connectivity index (χ1) is 22.3. The Morgan fingerprint density at radius 2 is 1.02 bits per heavy atom. The monoisotopic (exact) mass is 574 g/mol. The molecule has 0 saturated heterocycles. The van der Waals surface area contributed by atoms with Gasteiger partial charge in [0.2, 0.25) is 0 Å². The summed E-state index contributed by atoms with van der Waals surface area (Å²) in [5.41, 5.74) is 9.39. The molecule has 0 fully saturated rings. The van der Waals surface area contributed by atoms with Gasteiger partial charge >= 0.3 is 0 Å². The van der Waals surface area contributed by atoms with Crippen molar-refractivity contribution in [2.45, 2.75) is 0 Å². The molecule has 0 bridgehead atoms. The maximum atomic E-state index is 6.48. The summed E-state index contributed by atoms with van der Waals surface area (Å²) in [5, 5.41) is 4.82. The smallest absolute Gasteiger partial charge is 0.160 e. The lowest BCUT2D eigenvalue weighted by atomic mass is 9.93. The molecule has 9 rings (SSSR count). The molecule has 0 saturated carbocycles. The van der Waals surface area contributed by atoms with Crippen LogP contribution in [0.5, 0.6) is 11.5 Å². The molecule has 3 nitrogen and oxygen atoms in total. The zero-order chi connectivity index (χ0) is 29.7. The minimum absolute atomic E-state index is 0.690. The van der Waals surface area contributed by atoms with E-state index in [2.05, 4.69) is 127 Å². The van der Waals surface area contributed by atoms with Gasteiger partial charge in [0.15, 0.2) is 5.82 Å². The van der Waals surface area contributed by atoms with E-state index in [0.29, 0.717) is 5.82 Å². The standard InChI is InChI=1S/C42H26N2O/c1-2-10-31(11-3-1)42-43-37(29-21-19-28(20-22-29)34-16-6-12-27-9-4-5-15-33(27)34)26-38(44-42)32-23-24-35-36-17-7-13-30-14-8-18-39(41(30)36)45-40(35)25-32/h1-26H. The fraction of sp³-hybridized carbons (Fsp3) is 0. The topological polar surface area (TPSA) is 35.0 Å². The van der Waals surface area contributed by atoms with E-state index in [4.69, 9.17) is 14.7 Å². The van der Waals surface area contributed by atoms with Crippen LogP contribution in [0.25, 0.3) is 77.7 Å². The summed E-state index contributed by atoms with van der Waals surface area (Å²) in [4.78, 5) is 10.1. The molecule has 0 spiro atoms. The second-order valence-corrected chi connectivity index (χ2v) is 11.4. The van der Waals surface area contributed by atoms with Crippen molar-refractivity contribution in [3.8, 4) is 67.7 Å². The summed E-state index contributed by atoms with van der Waals surface area (Å²) >= 11 is 0. The van der Waals surface area contributed by atoms with E-state index in [1.165, 1.54) is 32.8 Å². The van der Waals surface area contributed by atoms with Crippen molar-refractivity contribution in [3.05, 3.63) is 158 Å². The highest BCUT2D eigenvalue weighted by molar-refractivity contribution is 6.04. The third kappa shape index (κ3) is 4.37. The number of ether oxygens (including phenoxy) is 1. The summed E-state index contributed by atoms with van der Waals surface area (Å²) in [5.74, 6) is 2.40. The van der Waals surface area contributed by atoms with E-state index in [1.807, 2.05) is 30.3 Å². The predicted molar refractivity (Wildman–Crippen MR) is 184 cm³/mol. The van der Waals surface area contributed by atoms with E-state index in [-0.39, 0.29) is 0 Å². The maximum Gasteiger partial charge on any atom is 0.160 e. The van der Waals surface area contributed by atoms with E-state index in [1.54, 1.807) is 0 Å². The summed E-state index contributed by atoms with van der Waals surface area (Å²) < 4.78 is 6.48. The Balaban J connectivity index is 1.15. The zero-order valence-electron chi connectivity index (χ0n) is 24.3. The molecule has 0 unspecified atom stereocenters. The Hall–Kier alpha value is -6.06. The van der Waals surface area contributed by atoms with Crippen molar-refractivity contribution in [3.63, 3.8) is 0 Å². The first kappa shape index (κ1) is 25.4. The quantitative estimate of drug-likeness (QED) is 0.210. The molecule has 45 heavy (non-hydrogen) atoms. The van der Waals surface area contributed by atoms with Gasteiger partial charge in [0.05, 0.1) is 11.4 Å². The van der Waals surface area contributed by atoms with Gasteiger partial charge < -0.3 is 4.74 Å². The van der Waals surface area contributed by atoms with Crippen LogP contribution in [0.15, 0.2) is 158 Å². The minimum atomic E-state index is 0.690. The normalized spacial score (nSPS) is 11.7. The van der Waals surface area contributed by atoms with Crippen molar-refractivity contribution in [2.75, 3.05) is 0 Å². The minimum Gasteiger partial charge on any atom is -0.456 e. The first-order valence-electron chi connectivity index (χ1n) is 15.2. The summed E-state index contributed by atoms with van der Waals surface area (Å²) in [6.45, 7) is 0. The average Bonchev–Trinajstić information content (AvgIpc) is 3.12. The molecule has 0 radical (unpaired) electrons. The van der Waals surface area contributed by atoms with Crippen molar-refractivity contribution >= 4 is 21.5 Å². The van der Waals surface area contributed by atoms with Crippen LogP contribution in [0.3, 0.4) is 0 Å². The van der Waals surface area contributed by atoms with Crippen LogP contribution < -0.4 is 4.74 Å². The lowest BCUT2D eigenvalue weighted by molar-refractivity contribution is 0.487. The van der Waals surface area contributed by atoms with Crippen molar-refractivity contribution < 1.29 is 4.74 Å². The number of rotatable bonds is 4. The van der Waals surface area contributed by atoms with Gasteiger partial charge in [-0.25, -0.2) is 9.97 Å². The van der Waals surface area contributed by atoms with Crippen LogP contribution in [0.4, 0.5) is 0 Å². The molecule has 0 aliphatic carbocycles. The molecule has 1 aromatic heterocycles. The zero-order valence-corrected chi connectivity index (χ0v) is 24.3. The van der Waals surface area contributed by atoms with Crippen LogP contribution in [0.2, 0.25) is 0 Å². The van der Waals surface area contributed by atoms with Crippen LogP contribution in [-0.2, 0) is 0 Å². The first-order valence-corrected chi connectivity index (χ1v) is 15.2. The van der Waals surface area contributed by atoms with Crippen LogP contribution in [0.1, 0.15) is 0 Å². The fourth-order valence-electron chi connectivity index (χ4n) is 6.48. The number of hydrogen-bond donors (Lipinski definition) is 0. The fourth-order valence-corrected chi connectivity index (χ4v) is 6.48. The number of nitrogens with zero attached hydrogens (tertiary/aromatic N) is 2. The Kier molecular flexibility index (Phi) is 5.82. The van der Waals surface area contributed by atoms with E-state index < -0.39 is 0 Å². The van der Waals surface area contributed by atoms with Gasteiger partial charge in [-0.15, -0.1) is 0 Å². The van der Waals surface area contributed by atoms with E-state index >= 15 is 0 Å². The molecule has 0 N–H and O–H groups in total. The molecule has 1 aliphatic rings. The van der Waals surface area contributed by atoms with Gasteiger partial charge in [-0.2, -0.15) is 0 Å². The Labute approximate surface area is 261 Å². The lowest BCUT2D eigenvalue weighted by Gasteiger charge is -2.22. The number of hydrogen-bond acceptors (Lipinski definition) is 3. The molecular formula is C42H26N2O. The van der Waals surface area contributed by atoms with Gasteiger partial charge in [-0.1, -0.05) is 133 Å². The van der Waals surface area contributed by atoms with Gasteiger partial charge in [0.25, 0.3) is 0 Å². The van der Waals surface area contributed by atoms with Crippen molar-refractivity contribution in [1.29, 1.82) is 0 Å². The number of benzene rings is 7.